The molecule has 2 N–H and O–H groups in total. The largest absolute Gasteiger partial charge is 0.508 e. The van der Waals surface area contributed by atoms with Crippen LogP contribution in [0.2, 0.25) is 0 Å². The van der Waals surface area contributed by atoms with E-state index in [1.165, 1.54) is 0 Å². The van der Waals surface area contributed by atoms with Gasteiger partial charge in [0.05, 0.1) is 23.4 Å². The maximum absolute atomic E-state index is 9.33. The molecule has 1 heterocycles. The van der Waals surface area contributed by atoms with Crippen LogP contribution in [0.15, 0.2) is 42.5 Å². The van der Waals surface area contributed by atoms with Gasteiger partial charge >= 0.3 is 0 Å². The smallest absolute Gasteiger partial charge is 0.184 e. The number of phenols is 1. The second kappa shape index (κ2) is 5.61. The van der Waals surface area contributed by atoms with Crippen LogP contribution in [0.25, 0.3) is 10.2 Å². The van der Waals surface area contributed by atoms with Crippen LogP contribution in [-0.4, -0.2) is 17.2 Å². The summed E-state index contributed by atoms with van der Waals surface area (Å²) >= 11 is 1.60. The summed E-state index contributed by atoms with van der Waals surface area (Å²) in [4.78, 5) is 4.57. The lowest BCUT2D eigenvalue weighted by Crippen LogP contribution is -2.05. The number of aromatic nitrogens is 1. The number of nitrogens with zero attached hydrogens (tertiary/aromatic N) is 1. The Balaban J connectivity index is 1.82. The number of methoxy groups -OCH3 is 1. The van der Waals surface area contributed by atoms with E-state index in [4.69, 9.17) is 4.74 Å². The summed E-state index contributed by atoms with van der Waals surface area (Å²) in [6.45, 7) is 2.07. The second-order valence-corrected chi connectivity index (χ2v) is 5.84. The van der Waals surface area contributed by atoms with E-state index >= 15 is 0 Å². The van der Waals surface area contributed by atoms with Crippen LogP contribution in [0.4, 0.5) is 5.13 Å². The zero-order valence-electron chi connectivity index (χ0n) is 11.8. The molecule has 0 radical (unpaired) electrons. The molecule has 4 nitrogen and oxygen atoms in total. The molecule has 0 aliphatic heterocycles. The predicted molar refractivity (Wildman–Crippen MR) is 86.3 cm³/mol. The van der Waals surface area contributed by atoms with Crippen molar-refractivity contribution in [2.24, 2.45) is 0 Å². The van der Waals surface area contributed by atoms with Gasteiger partial charge in [-0.05, 0) is 42.8 Å². The Hall–Kier alpha value is -2.27. The molecule has 1 aromatic heterocycles. The van der Waals surface area contributed by atoms with Crippen LogP contribution in [-0.2, 0) is 0 Å². The van der Waals surface area contributed by atoms with Crippen molar-refractivity contribution in [3.05, 3.63) is 48.0 Å². The Bertz CT molecular complexity index is 753. The molecular formula is C16H16N2O2S. The number of anilines is 1. The van der Waals surface area contributed by atoms with Crippen molar-refractivity contribution in [2.75, 3.05) is 12.4 Å². The molecule has 108 valence electrons. The van der Waals surface area contributed by atoms with E-state index in [-0.39, 0.29) is 11.8 Å². The molecule has 1 unspecified atom stereocenters. The average Bonchev–Trinajstić information content (AvgIpc) is 2.88. The minimum absolute atomic E-state index is 0.119. The van der Waals surface area contributed by atoms with E-state index < -0.39 is 0 Å². The summed E-state index contributed by atoms with van der Waals surface area (Å²) in [6, 6.07) is 13.2. The molecule has 0 bridgehead atoms. The first-order valence-electron chi connectivity index (χ1n) is 6.66. The molecule has 0 spiro atoms. The number of ether oxygens (including phenoxy) is 1. The van der Waals surface area contributed by atoms with Gasteiger partial charge in [-0.15, -0.1) is 0 Å². The third-order valence-corrected chi connectivity index (χ3v) is 4.28. The quantitative estimate of drug-likeness (QED) is 0.759. The molecule has 2 aromatic carbocycles. The standard InChI is InChI=1S/C16H16N2O2S/c1-10(11-3-5-12(19)6-4-11)17-16-18-14-8-7-13(20-2)9-15(14)21-16/h3-10,19H,1-2H3,(H,17,18). The Kier molecular flexibility index (Phi) is 3.66. The van der Waals surface area contributed by atoms with Crippen LogP contribution in [0.1, 0.15) is 18.5 Å². The number of phenolic OH excluding ortho intramolecular Hbond substituents is 1. The first-order valence-corrected chi connectivity index (χ1v) is 7.47. The predicted octanol–water partition coefficient (Wildman–Crippen LogP) is 4.18. The normalized spacial score (nSPS) is 12.3. The molecule has 0 aliphatic rings. The number of hydrogen-bond acceptors (Lipinski definition) is 5. The highest BCUT2D eigenvalue weighted by Crippen LogP contribution is 2.31. The minimum Gasteiger partial charge on any atom is -0.508 e. The molecular weight excluding hydrogens is 284 g/mol. The second-order valence-electron chi connectivity index (χ2n) is 4.81. The monoisotopic (exact) mass is 300 g/mol. The highest BCUT2D eigenvalue weighted by Gasteiger charge is 2.09. The molecule has 3 rings (SSSR count). The summed E-state index contributed by atoms with van der Waals surface area (Å²) in [5.41, 5.74) is 2.06. The molecule has 0 fully saturated rings. The van der Waals surface area contributed by atoms with Gasteiger partial charge in [0.25, 0.3) is 0 Å². The van der Waals surface area contributed by atoms with E-state index in [1.807, 2.05) is 30.3 Å². The Morgan fingerprint density at radius 2 is 1.95 bits per heavy atom. The van der Waals surface area contributed by atoms with E-state index in [9.17, 15) is 5.11 Å². The number of hydrogen-bond donors (Lipinski definition) is 2. The van der Waals surface area contributed by atoms with Gasteiger partial charge in [-0.3, -0.25) is 0 Å². The first-order chi connectivity index (χ1) is 10.2. The minimum atomic E-state index is 0.119. The van der Waals surface area contributed by atoms with Crippen LogP contribution in [0.5, 0.6) is 11.5 Å². The molecule has 0 amide bonds. The SMILES string of the molecule is COc1ccc2nc(NC(C)c3ccc(O)cc3)sc2c1. The number of benzene rings is 2. The lowest BCUT2D eigenvalue weighted by atomic mass is 10.1. The number of thiazole rings is 1. The van der Waals surface area contributed by atoms with E-state index in [1.54, 1.807) is 30.6 Å². The third kappa shape index (κ3) is 2.92. The van der Waals surface area contributed by atoms with Crippen LogP contribution in [0.3, 0.4) is 0 Å². The lowest BCUT2D eigenvalue weighted by molar-refractivity contribution is 0.415. The fraction of sp³-hybridized carbons (Fsp3) is 0.188. The molecule has 5 heteroatoms. The van der Waals surface area contributed by atoms with Crippen molar-refractivity contribution in [3.8, 4) is 11.5 Å². The van der Waals surface area contributed by atoms with Gasteiger partial charge in [-0.2, -0.15) is 0 Å². The number of fused-ring (bicyclic) bond motifs is 1. The van der Waals surface area contributed by atoms with Gasteiger partial charge in [0.1, 0.15) is 11.5 Å². The van der Waals surface area contributed by atoms with Crippen LogP contribution < -0.4 is 10.1 Å². The van der Waals surface area contributed by atoms with Gasteiger partial charge in [-0.25, -0.2) is 4.98 Å². The maximum atomic E-state index is 9.33. The van der Waals surface area contributed by atoms with Gasteiger partial charge in [0.2, 0.25) is 0 Å². The van der Waals surface area contributed by atoms with E-state index in [0.717, 1.165) is 26.7 Å². The molecule has 0 saturated heterocycles. The van der Waals surface area contributed by atoms with Crippen molar-refractivity contribution in [1.29, 1.82) is 0 Å². The maximum Gasteiger partial charge on any atom is 0.184 e. The number of nitrogens with one attached hydrogen (secondary N) is 1. The zero-order chi connectivity index (χ0) is 14.8. The Labute approximate surface area is 127 Å². The Morgan fingerprint density at radius 1 is 1.19 bits per heavy atom. The molecule has 3 aromatic rings. The number of aromatic hydroxyl groups is 1. The summed E-state index contributed by atoms with van der Waals surface area (Å²) in [6.07, 6.45) is 0. The van der Waals surface area contributed by atoms with Gasteiger partial charge < -0.3 is 15.2 Å². The lowest BCUT2D eigenvalue weighted by Gasteiger charge is -2.13. The van der Waals surface area contributed by atoms with Crippen molar-refractivity contribution in [1.82, 2.24) is 4.98 Å². The Morgan fingerprint density at radius 3 is 2.67 bits per heavy atom. The summed E-state index contributed by atoms with van der Waals surface area (Å²) in [5.74, 6) is 1.11. The molecule has 0 saturated carbocycles. The summed E-state index contributed by atoms with van der Waals surface area (Å²) in [7, 11) is 1.66. The molecule has 1 atom stereocenters. The van der Waals surface area contributed by atoms with Crippen molar-refractivity contribution in [2.45, 2.75) is 13.0 Å². The topological polar surface area (TPSA) is 54.4 Å². The number of rotatable bonds is 4. The van der Waals surface area contributed by atoms with Crippen molar-refractivity contribution in [3.63, 3.8) is 0 Å². The van der Waals surface area contributed by atoms with E-state index in [0.29, 0.717) is 0 Å². The van der Waals surface area contributed by atoms with Crippen LogP contribution in [0, 0.1) is 0 Å². The highest BCUT2D eigenvalue weighted by molar-refractivity contribution is 7.22. The zero-order valence-corrected chi connectivity index (χ0v) is 12.6. The van der Waals surface area contributed by atoms with Gasteiger partial charge in [-0.1, -0.05) is 23.5 Å². The fourth-order valence-corrected chi connectivity index (χ4v) is 3.11. The summed E-state index contributed by atoms with van der Waals surface area (Å²) in [5, 5.41) is 13.6. The summed E-state index contributed by atoms with van der Waals surface area (Å²) < 4.78 is 6.32. The van der Waals surface area contributed by atoms with Crippen molar-refractivity contribution >= 4 is 26.7 Å². The average molecular weight is 300 g/mol. The fourth-order valence-electron chi connectivity index (χ4n) is 2.13. The molecule has 0 aliphatic carbocycles. The van der Waals surface area contributed by atoms with E-state index in [2.05, 4.69) is 17.2 Å². The first kappa shape index (κ1) is 13.7. The third-order valence-electron chi connectivity index (χ3n) is 3.33. The van der Waals surface area contributed by atoms with Gasteiger partial charge in [0.15, 0.2) is 5.13 Å². The van der Waals surface area contributed by atoms with Crippen LogP contribution >= 0.6 is 11.3 Å². The van der Waals surface area contributed by atoms with Gasteiger partial charge in [0, 0.05) is 0 Å². The highest BCUT2D eigenvalue weighted by atomic mass is 32.1. The molecule has 21 heavy (non-hydrogen) atoms. The van der Waals surface area contributed by atoms with Crippen molar-refractivity contribution < 1.29 is 9.84 Å².